The number of phenols is 2. The van der Waals surface area contributed by atoms with Gasteiger partial charge >= 0.3 is 0 Å². The summed E-state index contributed by atoms with van der Waals surface area (Å²) in [7, 11) is 0. The summed E-state index contributed by atoms with van der Waals surface area (Å²) < 4.78 is 0. The van der Waals surface area contributed by atoms with Crippen LogP contribution in [0.15, 0.2) is 91.0 Å². The third-order valence-electron chi connectivity index (χ3n) is 14.4. The van der Waals surface area contributed by atoms with Crippen molar-refractivity contribution in [2.45, 2.75) is 130 Å². The number of hydrogen-bond donors (Lipinski definition) is 2. The first kappa shape index (κ1) is 45.5. The molecule has 0 saturated heterocycles. The van der Waals surface area contributed by atoms with E-state index < -0.39 is 0 Å². The monoisotopic (exact) mass is 1040 g/mol. The number of fused-ring (bicyclic) bond motifs is 2. The summed E-state index contributed by atoms with van der Waals surface area (Å²) in [6.07, 6.45) is 4.61. The van der Waals surface area contributed by atoms with E-state index in [1.165, 1.54) is 41.8 Å². The Bertz CT molecular complexity index is 2750. The van der Waals surface area contributed by atoms with Gasteiger partial charge in [0, 0.05) is 78.7 Å². The van der Waals surface area contributed by atoms with Crippen LogP contribution in [0.5, 0.6) is 11.5 Å². The Morgan fingerprint density at radius 2 is 0.762 bits per heavy atom. The maximum absolute atomic E-state index is 12.4. The second kappa shape index (κ2) is 16.1. The third kappa shape index (κ3) is 7.64. The molecule has 0 aliphatic heterocycles. The molecule has 322 valence electrons. The summed E-state index contributed by atoms with van der Waals surface area (Å²) in [5, 5.41) is 24.7. The van der Waals surface area contributed by atoms with Crippen molar-refractivity contribution < 1.29 is 36.1 Å². The zero-order valence-corrected chi connectivity index (χ0v) is 44.4. The third-order valence-corrected chi connectivity index (χ3v) is 17.7. The van der Waals surface area contributed by atoms with Crippen LogP contribution in [0.1, 0.15) is 124 Å². The van der Waals surface area contributed by atoms with E-state index in [1.807, 2.05) is 34.8 Å². The second-order valence-corrected chi connectivity index (χ2v) is 23.0. The average Bonchev–Trinajstić information content (AvgIpc) is 3.79. The Morgan fingerprint density at radius 3 is 1.13 bits per heavy atom. The predicted octanol–water partition coefficient (Wildman–Crippen LogP) is 16.5. The molecule has 0 spiro atoms. The van der Waals surface area contributed by atoms with Crippen LogP contribution in [-0.4, -0.2) is 15.2 Å². The van der Waals surface area contributed by atoms with Gasteiger partial charge in [-0.05, 0) is 156 Å². The molecule has 2 N–H and O–H groups in total. The Labute approximate surface area is 402 Å². The molecule has 9 rings (SSSR count). The SMILES string of the molecule is Cc1cc(-c2ccccc2-c2cccc(-c3ccccc3-c3cc(C)cc(-c4sc5c(c4C)C(C)(C)CCC5(C)C)c3O)n2)c(O)c(-c2sc3c(c2C)C(C)(C)CCC3(C)C)c1.[Hf]. The van der Waals surface area contributed by atoms with Crippen molar-refractivity contribution in [3.63, 3.8) is 0 Å². The fraction of sp³-hybridized carbons (Fsp3) is 0.351. The van der Waals surface area contributed by atoms with Crippen LogP contribution in [0, 0.1) is 27.7 Å². The van der Waals surface area contributed by atoms with Crippen molar-refractivity contribution in [3.05, 3.63) is 134 Å². The van der Waals surface area contributed by atoms with Crippen molar-refractivity contribution in [3.8, 4) is 77.1 Å². The summed E-state index contributed by atoms with van der Waals surface area (Å²) in [6.45, 7) is 27.8. The van der Waals surface area contributed by atoms with Gasteiger partial charge in [0.05, 0.1) is 11.4 Å². The number of hydrogen-bond acceptors (Lipinski definition) is 5. The molecule has 0 amide bonds. The zero-order valence-electron chi connectivity index (χ0n) is 39.1. The minimum atomic E-state index is 0. The minimum absolute atomic E-state index is 0. The van der Waals surface area contributed by atoms with E-state index in [0.717, 1.165) is 92.7 Å². The Kier molecular flexibility index (Phi) is 11.6. The first-order valence-electron chi connectivity index (χ1n) is 22.3. The maximum atomic E-state index is 12.4. The van der Waals surface area contributed by atoms with E-state index in [9.17, 15) is 10.2 Å². The fourth-order valence-electron chi connectivity index (χ4n) is 10.8. The van der Waals surface area contributed by atoms with Crippen LogP contribution in [0.25, 0.3) is 65.6 Å². The van der Waals surface area contributed by atoms with Gasteiger partial charge < -0.3 is 10.2 Å². The Balaban J connectivity index is 0.00000544. The van der Waals surface area contributed by atoms with Gasteiger partial charge in [0.15, 0.2) is 0 Å². The van der Waals surface area contributed by atoms with Gasteiger partial charge in [0.1, 0.15) is 11.5 Å². The summed E-state index contributed by atoms with van der Waals surface area (Å²) in [5.41, 5.74) is 16.9. The fourth-order valence-corrected chi connectivity index (χ4v) is 14.1. The minimum Gasteiger partial charge on any atom is -0.507 e. The summed E-state index contributed by atoms with van der Waals surface area (Å²) in [5.74, 6) is 0.614. The summed E-state index contributed by atoms with van der Waals surface area (Å²) in [6, 6.07) is 31.4. The number of aromatic nitrogens is 1. The van der Waals surface area contributed by atoms with Crippen LogP contribution in [0.2, 0.25) is 0 Å². The average molecular weight is 1030 g/mol. The summed E-state index contributed by atoms with van der Waals surface area (Å²) >= 11 is 3.74. The first-order chi connectivity index (χ1) is 29.2. The number of phenolic OH excluding ortho intramolecular Hbond substituents is 2. The van der Waals surface area contributed by atoms with Crippen LogP contribution < -0.4 is 0 Å². The van der Waals surface area contributed by atoms with Gasteiger partial charge in [-0.25, -0.2) is 4.98 Å². The number of thiophene rings is 2. The Morgan fingerprint density at radius 1 is 0.429 bits per heavy atom. The quantitative estimate of drug-likeness (QED) is 0.163. The molecular weight excluding hydrogens is 973 g/mol. The number of pyridine rings is 1. The molecule has 4 aromatic carbocycles. The smallest absolute Gasteiger partial charge is 0.132 e. The molecule has 3 heterocycles. The topological polar surface area (TPSA) is 53.4 Å². The van der Waals surface area contributed by atoms with Crippen molar-refractivity contribution >= 4 is 22.7 Å². The van der Waals surface area contributed by atoms with Crippen LogP contribution in [0.3, 0.4) is 0 Å². The van der Waals surface area contributed by atoms with E-state index in [0.29, 0.717) is 11.5 Å². The largest absolute Gasteiger partial charge is 0.507 e. The molecule has 0 atom stereocenters. The normalized spacial score (nSPS) is 16.8. The van der Waals surface area contributed by atoms with Gasteiger partial charge in [-0.2, -0.15) is 0 Å². The van der Waals surface area contributed by atoms with E-state index in [4.69, 9.17) is 4.98 Å². The molecule has 3 aromatic heterocycles. The van der Waals surface area contributed by atoms with Gasteiger partial charge in [0.25, 0.3) is 0 Å². The molecule has 63 heavy (non-hydrogen) atoms. The van der Waals surface area contributed by atoms with Crippen LogP contribution in [0.4, 0.5) is 0 Å². The summed E-state index contributed by atoms with van der Waals surface area (Å²) in [4.78, 5) is 10.6. The van der Waals surface area contributed by atoms with Gasteiger partial charge in [-0.15, -0.1) is 22.7 Å². The van der Waals surface area contributed by atoms with Gasteiger partial charge in [-0.3, -0.25) is 0 Å². The molecule has 7 aromatic rings. The van der Waals surface area contributed by atoms with Crippen molar-refractivity contribution in [2.24, 2.45) is 0 Å². The predicted molar refractivity (Wildman–Crippen MR) is 265 cm³/mol. The number of nitrogens with zero attached hydrogens (tertiary/aromatic N) is 1. The first-order valence-corrected chi connectivity index (χ1v) is 24.0. The number of aromatic hydroxyl groups is 2. The number of benzene rings is 4. The van der Waals surface area contributed by atoms with Gasteiger partial charge in [-0.1, -0.05) is 110 Å². The van der Waals surface area contributed by atoms with E-state index in [1.54, 1.807) is 0 Å². The molecule has 3 nitrogen and oxygen atoms in total. The van der Waals surface area contributed by atoms with E-state index in [-0.39, 0.29) is 47.5 Å². The molecule has 0 radical (unpaired) electrons. The van der Waals surface area contributed by atoms with Crippen molar-refractivity contribution in [1.82, 2.24) is 4.98 Å². The van der Waals surface area contributed by atoms with Crippen LogP contribution >= 0.6 is 22.7 Å². The number of rotatable bonds is 6. The molecule has 0 bridgehead atoms. The van der Waals surface area contributed by atoms with Crippen molar-refractivity contribution in [1.29, 1.82) is 0 Å². The van der Waals surface area contributed by atoms with Crippen LogP contribution in [-0.2, 0) is 47.5 Å². The standard InChI is InChI=1S/C57H61NO2S2.Hf/c1-32-28-40(48(59)42(30-32)50-34(3)46-52(61-50)56(9,10)26-24-54(46,5)6)36-18-13-15-20-38(36)44-22-17-23-45(58-44)39-21-16-14-19-37(39)41-29-33(2)31-43(49(41)60)51-35(4)47-53(62-51)57(11,12)27-25-55(47,7)8;/h13-23,28-31,59-60H,24-27H2,1-12H3;. The molecular formula is C57H61HfNO2S2. The van der Waals surface area contributed by atoms with E-state index in [2.05, 4.69) is 162 Å². The van der Waals surface area contributed by atoms with E-state index >= 15 is 0 Å². The molecule has 0 saturated carbocycles. The molecule has 0 unspecified atom stereocenters. The molecule has 2 aliphatic carbocycles. The Hall–Kier alpha value is -4.10. The molecule has 2 aliphatic rings. The van der Waals surface area contributed by atoms with Gasteiger partial charge in [0.2, 0.25) is 0 Å². The number of aryl methyl sites for hydroxylation is 2. The maximum Gasteiger partial charge on any atom is 0.132 e. The molecule has 6 heteroatoms. The zero-order chi connectivity index (χ0) is 44.3. The molecule has 0 fully saturated rings. The van der Waals surface area contributed by atoms with Crippen molar-refractivity contribution in [2.75, 3.05) is 0 Å². The second-order valence-electron chi connectivity index (χ2n) is 21.0.